The molecule has 0 radical (unpaired) electrons. The first-order chi connectivity index (χ1) is 11.6. The van der Waals surface area contributed by atoms with E-state index in [1.165, 1.54) is 0 Å². The third kappa shape index (κ3) is 3.34. The number of nitrogens with zero attached hydrogens (tertiary/aromatic N) is 5. The first-order valence-electron chi connectivity index (χ1n) is 8.77. The van der Waals surface area contributed by atoms with Gasteiger partial charge in [0, 0.05) is 25.2 Å². The maximum Gasteiger partial charge on any atom is 0.257 e. The van der Waals surface area contributed by atoms with Crippen molar-refractivity contribution >= 4 is 5.91 Å². The Balaban J connectivity index is 1.87. The second kappa shape index (κ2) is 7.15. The maximum atomic E-state index is 13.0. The summed E-state index contributed by atoms with van der Waals surface area (Å²) in [6, 6.07) is -0.124. The van der Waals surface area contributed by atoms with E-state index in [1.54, 1.807) is 17.1 Å². The minimum atomic E-state index is -0.124. The summed E-state index contributed by atoms with van der Waals surface area (Å²) in [5, 5.41) is 8.37. The molecule has 0 aliphatic carbocycles. The highest BCUT2D eigenvalue weighted by Gasteiger charge is 2.31. The van der Waals surface area contributed by atoms with Crippen molar-refractivity contribution in [3.05, 3.63) is 29.7 Å². The Morgan fingerprint density at radius 1 is 1.38 bits per heavy atom. The van der Waals surface area contributed by atoms with Crippen LogP contribution in [-0.2, 0) is 6.54 Å². The molecule has 0 unspecified atom stereocenters. The van der Waals surface area contributed by atoms with Gasteiger partial charge in [-0.1, -0.05) is 31.8 Å². The molecule has 1 aliphatic heterocycles. The van der Waals surface area contributed by atoms with Crippen molar-refractivity contribution in [3.63, 3.8) is 0 Å². The van der Waals surface area contributed by atoms with Gasteiger partial charge in [-0.15, -0.1) is 0 Å². The van der Waals surface area contributed by atoms with E-state index in [0.29, 0.717) is 23.8 Å². The minimum Gasteiger partial charge on any atom is -0.339 e. The highest BCUT2D eigenvalue weighted by Crippen LogP contribution is 2.30. The molecule has 1 saturated heterocycles. The summed E-state index contributed by atoms with van der Waals surface area (Å²) in [6.45, 7) is 7.51. The third-order valence-corrected chi connectivity index (χ3v) is 4.47. The second-order valence-corrected chi connectivity index (χ2v) is 6.59. The number of carbonyl (C=O) groups is 1. The number of hydrogen-bond donors (Lipinski definition) is 0. The lowest BCUT2D eigenvalue weighted by Crippen LogP contribution is -2.35. The van der Waals surface area contributed by atoms with Crippen molar-refractivity contribution < 1.29 is 9.32 Å². The summed E-state index contributed by atoms with van der Waals surface area (Å²) in [4.78, 5) is 19.4. The predicted molar refractivity (Wildman–Crippen MR) is 88.5 cm³/mol. The zero-order valence-electron chi connectivity index (χ0n) is 14.6. The molecule has 1 amide bonds. The Morgan fingerprint density at radius 2 is 2.21 bits per heavy atom. The molecule has 24 heavy (non-hydrogen) atoms. The Morgan fingerprint density at radius 3 is 2.88 bits per heavy atom. The van der Waals surface area contributed by atoms with E-state index in [-0.39, 0.29) is 17.9 Å². The number of carbonyl (C=O) groups excluding carboxylic acids is 1. The number of likely N-dealkylation sites (tertiary alicyclic amines) is 1. The quantitative estimate of drug-likeness (QED) is 0.860. The van der Waals surface area contributed by atoms with Crippen molar-refractivity contribution in [2.45, 2.75) is 65.0 Å². The highest BCUT2D eigenvalue weighted by molar-refractivity contribution is 5.94. The van der Waals surface area contributed by atoms with Gasteiger partial charge in [0.15, 0.2) is 5.82 Å². The average Bonchev–Trinajstić information content (AvgIpc) is 3.19. The van der Waals surface area contributed by atoms with Crippen molar-refractivity contribution in [1.29, 1.82) is 0 Å². The molecule has 1 aliphatic rings. The van der Waals surface area contributed by atoms with Crippen molar-refractivity contribution in [3.8, 4) is 0 Å². The summed E-state index contributed by atoms with van der Waals surface area (Å²) < 4.78 is 7.13. The SMILES string of the molecule is CCn1cc(C(=O)N2CCCCC[C@@H]2c2noc(C(C)C)n2)cn1. The Hall–Kier alpha value is -2.18. The summed E-state index contributed by atoms with van der Waals surface area (Å²) >= 11 is 0. The minimum absolute atomic E-state index is 0.00232. The van der Waals surface area contributed by atoms with Gasteiger partial charge >= 0.3 is 0 Å². The van der Waals surface area contributed by atoms with Gasteiger partial charge in [-0.3, -0.25) is 9.48 Å². The van der Waals surface area contributed by atoms with Crippen molar-refractivity contribution in [1.82, 2.24) is 24.8 Å². The fourth-order valence-corrected chi connectivity index (χ4v) is 3.05. The van der Waals surface area contributed by atoms with Crippen LogP contribution >= 0.6 is 0 Å². The molecule has 2 aromatic heterocycles. The zero-order chi connectivity index (χ0) is 17.1. The molecule has 0 spiro atoms. The maximum absolute atomic E-state index is 13.0. The standard InChI is InChI=1S/C17H25N5O2/c1-4-21-11-13(10-18-21)17(23)22-9-7-5-6-8-14(22)15-19-16(12(2)3)24-20-15/h10-12,14H,4-9H2,1-3H3/t14-/m1/s1. The van der Waals surface area contributed by atoms with Crippen LogP contribution in [0.3, 0.4) is 0 Å². The lowest BCUT2D eigenvalue weighted by atomic mass is 10.1. The zero-order valence-corrected chi connectivity index (χ0v) is 14.6. The van der Waals surface area contributed by atoms with Crippen LogP contribution in [0.15, 0.2) is 16.9 Å². The molecular formula is C17H25N5O2. The molecule has 3 rings (SSSR count). The number of aromatic nitrogens is 4. The molecule has 3 heterocycles. The molecular weight excluding hydrogens is 306 g/mol. The largest absolute Gasteiger partial charge is 0.339 e. The van der Waals surface area contributed by atoms with Gasteiger partial charge in [-0.25, -0.2) is 0 Å². The van der Waals surface area contributed by atoms with Gasteiger partial charge in [-0.05, 0) is 19.8 Å². The van der Waals surface area contributed by atoms with Gasteiger partial charge in [0.1, 0.15) is 0 Å². The van der Waals surface area contributed by atoms with Crippen LogP contribution in [0.5, 0.6) is 0 Å². The summed E-state index contributed by atoms with van der Waals surface area (Å²) in [6.07, 6.45) is 7.49. The smallest absolute Gasteiger partial charge is 0.257 e. The summed E-state index contributed by atoms with van der Waals surface area (Å²) in [5.74, 6) is 1.43. The van der Waals surface area contributed by atoms with Crippen molar-refractivity contribution in [2.24, 2.45) is 0 Å². The predicted octanol–water partition coefficient (Wildman–Crippen LogP) is 3.17. The van der Waals surface area contributed by atoms with Crippen LogP contribution in [-0.4, -0.2) is 37.3 Å². The second-order valence-electron chi connectivity index (χ2n) is 6.59. The Labute approximate surface area is 142 Å². The van der Waals surface area contributed by atoms with Gasteiger partial charge in [-0.2, -0.15) is 10.1 Å². The fourth-order valence-electron chi connectivity index (χ4n) is 3.05. The van der Waals surface area contributed by atoms with Crippen LogP contribution in [0, 0.1) is 0 Å². The van der Waals surface area contributed by atoms with E-state index in [2.05, 4.69) is 15.2 Å². The van der Waals surface area contributed by atoms with Gasteiger partial charge in [0.2, 0.25) is 5.89 Å². The lowest BCUT2D eigenvalue weighted by molar-refractivity contribution is 0.0670. The first kappa shape index (κ1) is 16.7. The number of aryl methyl sites for hydroxylation is 1. The summed E-state index contributed by atoms with van der Waals surface area (Å²) in [5.41, 5.74) is 0.622. The lowest BCUT2D eigenvalue weighted by Gasteiger charge is -2.27. The normalized spacial score (nSPS) is 18.8. The Kier molecular flexibility index (Phi) is 4.97. The van der Waals surface area contributed by atoms with E-state index in [4.69, 9.17) is 4.52 Å². The highest BCUT2D eigenvalue weighted by atomic mass is 16.5. The van der Waals surface area contributed by atoms with Crippen LogP contribution < -0.4 is 0 Å². The molecule has 130 valence electrons. The summed E-state index contributed by atoms with van der Waals surface area (Å²) in [7, 11) is 0. The van der Waals surface area contributed by atoms with E-state index < -0.39 is 0 Å². The van der Waals surface area contributed by atoms with Crippen LogP contribution in [0.25, 0.3) is 0 Å². The number of hydrogen-bond acceptors (Lipinski definition) is 5. The number of amides is 1. The van der Waals surface area contributed by atoms with E-state index in [9.17, 15) is 4.79 Å². The van der Waals surface area contributed by atoms with Crippen LogP contribution in [0.1, 0.15) is 80.5 Å². The van der Waals surface area contributed by atoms with Gasteiger partial charge in [0.25, 0.3) is 5.91 Å². The molecule has 7 heteroatoms. The first-order valence-corrected chi connectivity index (χ1v) is 8.77. The number of rotatable bonds is 4. The molecule has 1 atom stereocenters. The topological polar surface area (TPSA) is 77.0 Å². The molecule has 0 bridgehead atoms. The van der Waals surface area contributed by atoms with Crippen molar-refractivity contribution in [2.75, 3.05) is 6.54 Å². The fraction of sp³-hybridized carbons (Fsp3) is 0.647. The van der Waals surface area contributed by atoms with Gasteiger partial charge < -0.3 is 9.42 Å². The Bertz CT molecular complexity index is 691. The molecule has 0 N–H and O–H groups in total. The van der Waals surface area contributed by atoms with Gasteiger partial charge in [0.05, 0.1) is 17.8 Å². The van der Waals surface area contributed by atoms with Crippen LogP contribution in [0.4, 0.5) is 0 Å². The molecule has 0 aromatic carbocycles. The monoisotopic (exact) mass is 331 g/mol. The average molecular weight is 331 g/mol. The van der Waals surface area contributed by atoms with E-state index in [0.717, 1.165) is 32.2 Å². The van der Waals surface area contributed by atoms with E-state index >= 15 is 0 Å². The van der Waals surface area contributed by atoms with E-state index in [1.807, 2.05) is 25.7 Å². The van der Waals surface area contributed by atoms with Crippen LogP contribution in [0.2, 0.25) is 0 Å². The molecule has 7 nitrogen and oxygen atoms in total. The third-order valence-electron chi connectivity index (χ3n) is 4.47. The molecule has 0 saturated carbocycles. The molecule has 1 fully saturated rings. The molecule has 2 aromatic rings.